The fourth-order valence-corrected chi connectivity index (χ4v) is 2.47. The topological polar surface area (TPSA) is 65.1 Å². The van der Waals surface area contributed by atoms with Crippen LogP contribution in [0.15, 0.2) is 0 Å². The summed E-state index contributed by atoms with van der Waals surface area (Å²) in [5.74, 6) is 1.24. The highest BCUT2D eigenvalue weighted by molar-refractivity contribution is 5.65. The lowest BCUT2D eigenvalue weighted by molar-refractivity contribution is -0.0602. The Morgan fingerprint density at radius 2 is 2.17 bits per heavy atom. The minimum Gasteiger partial charge on any atom is -0.394 e. The highest BCUT2D eigenvalue weighted by atomic mass is 16.5. The zero-order valence-corrected chi connectivity index (χ0v) is 11.8. The summed E-state index contributed by atoms with van der Waals surface area (Å²) in [5, 5.41) is 7.87. The Morgan fingerprint density at radius 3 is 2.56 bits per heavy atom. The van der Waals surface area contributed by atoms with E-state index in [-0.39, 0.29) is 5.60 Å². The molecule has 0 bridgehead atoms. The van der Waals surface area contributed by atoms with Crippen molar-refractivity contribution in [3.8, 4) is 0 Å². The van der Waals surface area contributed by atoms with Gasteiger partial charge in [0.2, 0.25) is 0 Å². The number of rotatable bonds is 5. The molecule has 1 fully saturated rings. The van der Waals surface area contributed by atoms with Gasteiger partial charge in [0.1, 0.15) is 5.82 Å². The number of nitrogen functional groups attached to an aromatic ring is 1. The minimum absolute atomic E-state index is 0.00525. The Bertz CT molecular complexity index is 415. The summed E-state index contributed by atoms with van der Waals surface area (Å²) in [7, 11) is 3.71. The van der Waals surface area contributed by atoms with Gasteiger partial charge in [0.15, 0.2) is 0 Å². The first-order valence-corrected chi connectivity index (χ1v) is 6.60. The zero-order valence-electron chi connectivity index (χ0n) is 11.8. The third-order valence-corrected chi connectivity index (χ3v) is 3.94. The molecule has 0 atom stereocenters. The molecular formula is C13H24N4O. The van der Waals surface area contributed by atoms with Crippen molar-refractivity contribution in [2.75, 3.05) is 24.7 Å². The van der Waals surface area contributed by atoms with Crippen molar-refractivity contribution in [1.29, 1.82) is 0 Å². The number of nitrogens with two attached hydrogens (primary N) is 1. The summed E-state index contributed by atoms with van der Waals surface area (Å²) in [6.45, 7) is 5.00. The molecular weight excluding hydrogens is 228 g/mol. The van der Waals surface area contributed by atoms with Gasteiger partial charge in [0, 0.05) is 20.7 Å². The number of nitrogens with one attached hydrogen (secondary N) is 1. The van der Waals surface area contributed by atoms with E-state index in [0.29, 0.717) is 5.92 Å². The Labute approximate surface area is 109 Å². The maximum absolute atomic E-state index is 6.15. The molecule has 0 aromatic carbocycles. The molecule has 102 valence electrons. The second-order valence-electron chi connectivity index (χ2n) is 5.52. The molecule has 1 aliphatic rings. The number of aromatic nitrogens is 2. The quantitative estimate of drug-likeness (QED) is 0.842. The van der Waals surface area contributed by atoms with Crippen LogP contribution in [0.1, 0.15) is 44.7 Å². The van der Waals surface area contributed by atoms with Crippen LogP contribution in [0.25, 0.3) is 0 Å². The van der Waals surface area contributed by atoms with Crippen molar-refractivity contribution in [2.45, 2.75) is 44.6 Å². The molecule has 0 spiro atoms. The lowest BCUT2D eigenvalue weighted by Crippen LogP contribution is -2.45. The van der Waals surface area contributed by atoms with Crippen LogP contribution in [0.2, 0.25) is 0 Å². The average Bonchev–Trinajstić information content (AvgIpc) is 2.55. The molecule has 1 aromatic rings. The van der Waals surface area contributed by atoms with Crippen molar-refractivity contribution in [3.05, 3.63) is 5.69 Å². The molecule has 2 rings (SSSR count). The van der Waals surface area contributed by atoms with E-state index in [2.05, 4.69) is 24.3 Å². The summed E-state index contributed by atoms with van der Waals surface area (Å²) in [5.41, 5.74) is 7.86. The second kappa shape index (κ2) is 4.80. The van der Waals surface area contributed by atoms with Gasteiger partial charge in [-0.2, -0.15) is 5.10 Å². The van der Waals surface area contributed by atoms with E-state index in [0.717, 1.165) is 36.6 Å². The molecule has 0 amide bonds. The number of aryl methyl sites for hydroxylation is 1. The lowest BCUT2D eigenvalue weighted by Gasteiger charge is -2.40. The standard InChI is InChI=1S/C13H24N4O/c1-9(2)11-10(14)12(17(3)16-11)15-8-13(18-4)6-5-7-13/h9,15H,5-8,14H2,1-4H3. The molecule has 1 aromatic heterocycles. The predicted octanol–water partition coefficient (Wildman–Crippen LogP) is 2.11. The number of methoxy groups -OCH3 is 1. The van der Waals surface area contributed by atoms with Crippen LogP contribution in [0.3, 0.4) is 0 Å². The third-order valence-electron chi connectivity index (χ3n) is 3.94. The van der Waals surface area contributed by atoms with E-state index >= 15 is 0 Å². The molecule has 1 aliphatic carbocycles. The second-order valence-corrected chi connectivity index (χ2v) is 5.52. The van der Waals surface area contributed by atoms with Gasteiger partial charge in [0.25, 0.3) is 0 Å². The highest BCUT2D eigenvalue weighted by Crippen LogP contribution is 2.36. The molecule has 3 N–H and O–H groups in total. The number of nitrogens with zero attached hydrogens (tertiary/aromatic N) is 2. The fourth-order valence-electron chi connectivity index (χ4n) is 2.47. The smallest absolute Gasteiger partial charge is 0.147 e. The zero-order chi connectivity index (χ0) is 13.3. The van der Waals surface area contributed by atoms with Gasteiger partial charge in [-0.3, -0.25) is 4.68 Å². The fraction of sp³-hybridized carbons (Fsp3) is 0.769. The molecule has 18 heavy (non-hydrogen) atoms. The normalized spacial score (nSPS) is 17.8. The van der Waals surface area contributed by atoms with Gasteiger partial charge in [0.05, 0.1) is 17.0 Å². The minimum atomic E-state index is -0.00525. The SMILES string of the molecule is COC1(CNc2c(N)c(C(C)C)nn2C)CCC1. The first-order chi connectivity index (χ1) is 8.49. The summed E-state index contributed by atoms with van der Waals surface area (Å²) in [6, 6.07) is 0. The van der Waals surface area contributed by atoms with Crippen molar-refractivity contribution in [1.82, 2.24) is 9.78 Å². The molecule has 0 saturated heterocycles. The third kappa shape index (κ3) is 2.19. The largest absolute Gasteiger partial charge is 0.394 e. The van der Waals surface area contributed by atoms with Crippen LogP contribution in [0.5, 0.6) is 0 Å². The number of hydrogen-bond acceptors (Lipinski definition) is 4. The van der Waals surface area contributed by atoms with Crippen LogP contribution >= 0.6 is 0 Å². The summed E-state index contributed by atoms with van der Waals surface area (Å²) >= 11 is 0. The van der Waals surface area contributed by atoms with Gasteiger partial charge in [-0.05, 0) is 25.2 Å². The van der Waals surface area contributed by atoms with Crippen LogP contribution in [0, 0.1) is 0 Å². The summed E-state index contributed by atoms with van der Waals surface area (Å²) in [4.78, 5) is 0. The molecule has 0 unspecified atom stereocenters. The van der Waals surface area contributed by atoms with Crippen molar-refractivity contribution < 1.29 is 4.74 Å². The average molecular weight is 252 g/mol. The van der Waals surface area contributed by atoms with E-state index in [1.165, 1.54) is 6.42 Å². The molecule has 1 saturated carbocycles. The Morgan fingerprint density at radius 1 is 1.50 bits per heavy atom. The Balaban J connectivity index is 2.09. The maximum atomic E-state index is 6.15. The van der Waals surface area contributed by atoms with E-state index in [4.69, 9.17) is 10.5 Å². The summed E-state index contributed by atoms with van der Waals surface area (Å²) < 4.78 is 7.42. The lowest BCUT2D eigenvalue weighted by atomic mass is 9.80. The Kier molecular flexibility index (Phi) is 3.52. The van der Waals surface area contributed by atoms with Gasteiger partial charge in [-0.1, -0.05) is 13.8 Å². The molecule has 0 aliphatic heterocycles. The van der Waals surface area contributed by atoms with Gasteiger partial charge in [-0.15, -0.1) is 0 Å². The summed E-state index contributed by atoms with van der Waals surface area (Å²) in [6.07, 6.45) is 3.48. The molecule has 5 heteroatoms. The van der Waals surface area contributed by atoms with Crippen LogP contribution in [0.4, 0.5) is 11.5 Å². The van der Waals surface area contributed by atoms with Crippen molar-refractivity contribution in [3.63, 3.8) is 0 Å². The number of ether oxygens (including phenoxy) is 1. The van der Waals surface area contributed by atoms with E-state index in [9.17, 15) is 0 Å². The van der Waals surface area contributed by atoms with E-state index in [1.54, 1.807) is 7.11 Å². The van der Waals surface area contributed by atoms with Gasteiger partial charge < -0.3 is 15.8 Å². The monoisotopic (exact) mass is 252 g/mol. The van der Waals surface area contributed by atoms with E-state index < -0.39 is 0 Å². The number of hydrogen-bond donors (Lipinski definition) is 2. The first-order valence-electron chi connectivity index (χ1n) is 6.60. The van der Waals surface area contributed by atoms with Crippen molar-refractivity contribution in [2.24, 2.45) is 7.05 Å². The van der Waals surface area contributed by atoms with Crippen LogP contribution < -0.4 is 11.1 Å². The van der Waals surface area contributed by atoms with Crippen molar-refractivity contribution >= 4 is 11.5 Å². The van der Waals surface area contributed by atoms with Gasteiger partial charge >= 0.3 is 0 Å². The first kappa shape index (κ1) is 13.2. The highest BCUT2D eigenvalue weighted by Gasteiger charge is 2.37. The molecule has 1 heterocycles. The predicted molar refractivity (Wildman–Crippen MR) is 73.8 cm³/mol. The number of anilines is 2. The van der Waals surface area contributed by atoms with Crippen LogP contribution in [-0.2, 0) is 11.8 Å². The van der Waals surface area contributed by atoms with E-state index in [1.807, 2.05) is 11.7 Å². The van der Waals surface area contributed by atoms with Crippen LogP contribution in [-0.4, -0.2) is 29.0 Å². The molecule has 5 nitrogen and oxygen atoms in total. The molecule has 0 radical (unpaired) electrons. The maximum Gasteiger partial charge on any atom is 0.147 e. The van der Waals surface area contributed by atoms with Gasteiger partial charge in [-0.25, -0.2) is 0 Å². The Hall–Kier alpha value is -1.23.